The molecule has 0 aromatic heterocycles. The predicted octanol–water partition coefficient (Wildman–Crippen LogP) is -0.139. The van der Waals surface area contributed by atoms with Crippen LogP contribution in [0.3, 0.4) is 0 Å². The molecule has 0 spiro atoms. The number of aliphatic hydroxyl groups is 1. The molecule has 1 amide bonds. The van der Waals surface area contributed by atoms with E-state index in [4.69, 9.17) is 4.74 Å². The minimum absolute atomic E-state index is 0.00275. The zero-order valence-corrected chi connectivity index (χ0v) is 11.4. The summed E-state index contributed by atoms with van der Waals surface area (Å²) in [5, 5.41) is 15.7. The summed E-state index contributed by atoms with van der Waals surface area (Å²) in [5.41, 5.74) is 2.20. The van der Waals surface area contributed by atoms with Gasteiger partial charge in [-0.05, 0) is 17.2 Å². The molecule has 2 aliphatic rings. The summed E-state index contributed by atoms with van der Waals surface area (Å²) in [4.78, 5) is 11.9. The molecule has 1 aromatic carbocycles. The Kier molecular flexibility index (Phi) is 3.89. The lowest BCUT2D eigenvalue weighted by molar-refractivity contribution is -0.120. The lowest BCUT2D eigenvalue weighted by atomic mass is 10.0. The second-order valence-corrected chi connectivity index (χ2v) is 5.51. The summed E-state index contributed by atoms with van der Waals surface area (Å²) in [6.07, 6.45) is 0.946. The van der Waals surface area contributed by atoms with E-state index >= 15 is 0 Å². The second kappa shape index (κ2) is 5.81. The molecule has 2 atom stereocenters. The molecule has 0 radical (unpaired) electrons. The van der Waals surface area contributed by atoms with Crippen LogP contribution in [-0.4, -0.2) is 43.4 Å². The topological polar surface area (TPSA) is 70.6 Å². The molecule has 0 saturated carbocycles. The van der Waals surface area contributed by atoms with E-state index in [9.17, 15) is 9.90 Å². The van der Waals surface area contributed by atoms with Crippen molar-refractivity contribution in [1.82, 2.24) is 10.6 Å². The third-order valence-electron chi connectivity index (χ3n) is 3.98. The van der Waals surface area contributed by atoms with E-state index in [1.54, 1.807) is 0 Å². The average Bonchev–Trinajstić information content (AvgIpc) is 3.04. The predicted molar refractivity (Wildman–Crippen MR) is 74.7 cm³/mol. The summed E-state index contributed by atoms with van der Waals surface area (Å²) in [7, 11) is 0. The minimum Gasteiger partial charge on any atom is -0.493 e. The summed E-state index contributed by atoms with van der Waals surface area (Å²) in [6.45, 7) is 2.64. The van der Waals surface area contributed by atoms with E-state index < -0.39 is 0 Å². The first kappa shape index (κ1) is 13.4. The van der Waals surface area contributed by atoms with Gasteiger partial charge < -0.3 is 20.5 Å². The number of fused-ring (bicyclic) bond motifs is 1. The molecule has 0 aliphatic carbocycles. The Morgan fingerprint density at radius 2 is 2.35 bits per heavy atom. The van der Waals surface area contributed by atoms with E-state index in [1.165, 1.54) is 5.56 Å². The van der Waals surface area contributed by atoms with Crippen LogP contribution in [0.15, 0.2) is 18.2 Å². The molecule has 1 saturated heterocycles. The largest absolute Gasteiger partial charge is 0.493 e. The van der Waals surface area contributed by atoms with Gasteiger partial charge in [-0.25, -0.2) is 0 Å². The average molecular weight is 276 g/mol. The molecule has 3 rings (SSSR count). The van der Waals surface area contributed by atoms with Crippen molar-refractivity contribution in [1.29, 1.82) is 0 Å². The van der Waals surface area contributed by atoms with E-state index in [-0.39, 0.29) is 17.9 Å². The maximum atomic E-state index is 11.9. The molecule has 0 bridgehead atoms. The van der Waals surface area contributed by atoms with Gasteiger partial charge in [0.15, 0.2) is 0 Å². The number of carbonyl (C=O) groups is 1. The zero-order valence-electron chi connectivity index (χ0n) is 11.4. The van der Waals surface area contributed by atoms with Crippen LogP contribution in [0.4, 0.5) is 0 Å². The quantitative estimate of drug-likeness (QED) is 0.716. The maximum Gasteiger partial charge on any atom is 0.224 e. The Balaban J connectivity index is 1.51. The zero-order chi connectivity index (χ0) is 13.9. The van der Waals surface area contributed by atoms with Crippen LogP contribution in [0, 0.1) is 5.92 Å². The number of amides is 1. The number of nitrogens with one attached hydrogen (secondary N) is 2. The fourth-order valence-electron chi connectivity index (χ4n) is 2.77. The fourth-order valence-corrected chi connectivity index (χ4v) is 2.77. The molecule has 2 aliphatic heterocycles. The number of hydrogen-bond donors (Lipinski definition) is 3. The molecule has 3 N–H and O–H groups in total. The highest BCUT2D eigenvalue weighted by molar-refractivity contribution is 5.78. The van der Waals surface area contributed by atoms with Gasteiger partial charge in [0.2, 0.25) is 5.91 Å². The van der Waals surface area contributed by atoms with E-state index in [0.717, 1.165) is 30.9 Å². The van der Waals surface area contributed by atoms with Crippen molar-refractivity contribution in [2.45, 2.75) is 18.9 Å². The molecule has 5 heteroatoms. The highest BCUT2D eigenvalue weighted by atomic mass is 16.5. The number of aliphatic hydroxyl groups excluding tert-OH is 1. The number of β-amino-alcohol motifs (C(OH)–C–C–N with tert-alkyl or cyclic N) is 1. The van der Waals surface area contributed by atoms with E-state index in [0.29, 0.717) is 19.5 Å². The van der Waals surface area contributed by atoms with Gasteiger partial charge in [0, 0.05) is 32.0 Å². The van der Waals surface area contributed by atoms with Crippen LogP contribution in [0.5, 0.6) is 5.75 Å². The molecular weight excluding hydrogens is 256 g/mol. The molecule has 1 fully saturated rings. The van der Waals surface area contributed by atoms with Gasteiger partial charge in [-0.15, -0.1) is 0 Å². The Bertz CT molecular complexity index is 504. The highest BCUT2D eigenvalue weighted by Crippen LogP contribution is 2.25. The van der Waals surface area contributed by atoms with Crippen molar-refractivity contribution in [2.24, 2.45) is 5.92 Å². The minimum atomic E-state index is -0.354. The molecule has 1 aromatic rings. The number of carbonyl (C=O) groups excluding carboxylic acids is 1. The normalized spacial score (nSPS) is 24.2. The van der Waals surface area contributed by atoms with Crippen LogP contribution < -0.4 is 15.4 Å². The van der Waals surface area contributed by atoms with Gasteiger partial charge in [0.25, 0.3) is 0 Å². The smallest absolute Gasteiger partial charge is 0.224 e. The van der Waals surface area contributed by atoms with Crippen molar-refractivity contribution in [3.05, 3.63) is 29.3 Å². The van der Waals surface area contributed by atoms with Gasteiger partial charge in [-0.3, -0.25) is 4.79 Å². The van der Waals surface area contributed by atoms with Gasteiger partial charge in [0.05, 0.1) is 19.1 Å². The van der Waals surface area contributed by atoms with Crippen LogP contribution in [0.25, 0.3) is 0 Å². The van der Waals surface area contributed by atoms with Crippen molar-refractivity contribution >= 4 is 5.91 Å². The van der Waals surface area contributed by atoms with Gasteiger partial charge in [-0.1, -0.05) is 12.1 Å². The number of ether oxygens (including phenoxy) is 1. The van der Waals surface area contributed by atoms with Crippen LogP contribution in [0.2, 0.25) is 0 Å². The molecular formula is C15H20N2O3. The Morgan fingerprint density at radius 1 is 1.45 bits per heavy atom. The fraction of sp³-hybridized carbons (Fsp3) is 0.533. The molecule has 108 valence electrons. The first-order valence-electron chi connectivity index (χ1n) is 7.12. The summed E-state index contributed by atoms with van der Waals surface area (Å²) < 4.78 is 5.45. The third-order valence-corrected chi connectivity index (χ3v) is 3.98. The molecule has 2 unspecified atom stereocenters. The van der Waals surface area contributed by atoms with Crippen LogP contribution >= 0.6 is 0 Å². The summed E-state index contributed by atoms with van der Waals surface area (Å²) in [5.74, 6) is 1.06. The number of benzene rings is 1. The molecule has 2 heterocycles. The van der Waals surface area contributed by atoms with Crippen molar-refractivity contribution < 1.29 is 14.6 Å². The van der Waals surface area contributed by atoms with E-state index in [2.05, 4.69) is 10.6 Å². The standard InChI is InChI=1S/C15H20N2O3/c18-13-9-16-7-12(13)8-17-15(19)6-10-1-2-14-11(5-10)3-4-20-14/h1-2,5,12-13,16,18H,3-4,6-9H2,(H,17,19). The second-order valence-electron chi connectivity index (χ2n) is 5.51. The Labute approximate surface area is 118 Å². The van der Waals surface area contributed by atoms with Crippen molar-refractivity contribution in [3.8, 4) is 5.75 Å². The summed E-state index contributed by atoms with van der Waals surface area (Å²) in [6, 6.07) is 5.93. The first-order valence-corrected chi connectivity index (χ1v) is 7.12. The summed E-state index contributed by atoms with van der Waals surface area (Å²) >= 11 is 0. The van der Waals surface area contributed by atoms with Gasteiger partial charge >= 0.3 is 0 Å². The molecule has 5 nitrogen and oxygen atoms in total. The lowest BCUT2D eigenvalue weighted by Gasteiger charge is -2.14. The number of hydrogen-bond acceptors (Lipinski definition) is 4. The van der Waals surface area contributed by atoms with Gasteiger partial charge in [0.1, 0.15) is 5.75 Å². The van der Waals surface area contributed by atoms with Crippen LogP contribution in [0.1, 0.15) is 11.1 Å². The SMILES string of the molecule is O=C(Cc1ccc2c(c1)CCO2)NCC1CNCC1O. The van der Waals surface area contributed by atoms with Crippen LogP contribution in [-0.2, 0) is 17.6 Å². The Morgan fingerprint density at radius 3 is 3.15 bits per heavy atom. The maximum absolute atomic E-state index is 11.9. The first-order chi connectivity index (χ1) is 9.72. The lowest BCUT2D eigenvalue weighted by Crippen LogP contribution is -2.35. The highest BCUT2D eigenvalue weighted by Gasteiger charge is 2.25. The van der Waals surface area contributed by atoms with Crippen molar-refractivity contribution in [3.63, 3.8) is 0 Å². The monoisotopic (exact) mass is 276 g/mol. The number of rotatable bonds is 4. The van der Waals surface area contributed by atoms with Crippen molar-refractivity contribution in [2.75, 3.05) is 26.2 Å². The van der Waals surface area contributed by atoms with Gasteiger partial charge in [-0.2, -0.15) is 0 Å². The third kappa shape index (κ3) is 2.94. The van der Waals surface area contributed by atoms with E-state index in [1.807, 2.05) is 18.2 Å². The Hall–Kier alpha value is -1.59. The molecule has 20 heavy (non-hydrogen) atoms.